The monoisotopic (exact) mass is 360 g/mol. The molecule has 0 fully saturated rings. The lowest BCUT2D eigenvalue weighted by atomic mass is 10.0. The molecule has 0 saturated carbocycles. The minimum atomic E-state index is 0.584. The van der Waals surface area contributed by atoms with E-state index in [0.717, 1.165) is 42.3 Å². The molecule has 27 heavy (non-hydrogen) atoms. The van der Waals surface area contributed by atoms with E-state index in [1.54, 1.807) is 0 Å². The van der Waals surface area contributed by atoms with Crippen molar-refractivity contribution in [3.63, 3.8) is 0 Å². The van der Waals surface area contributed by atoms with Crippen molar-refractivity contribution in [3.8, 4) is 5.75 Å². The Labute approximate surface area is 160 Å². The van der Waals surface area contributed by atoms with Gasteiger partial charge in [-0.1, -0.05) is 30.3 Å². The molecule has 1 aliphatic heterocycles. The van der Waals surface area contributed by atoms with Gasteiger partial charge in [-0.2, -0.15) is 4.98 Å². The van der Waals surface area contributed by atoms with E-state index in [9.17, 15) is 0 Å². The molecule has 1 aliphatic rings. The van der Waals surface area contributed by atoms with Crippen molar-refractivity contribution < 1.29 is 4.74 Å². The number of hydrogen-bond acceptors (Lipinski definition) is 5. The average molecular weight is 360 g/mol. The first-order chi connectivity index (χ1) is 13.2. The topological polar surface area (TPSA) is 50.3 Å². The Kier molecular flexibility index (Phi) is 4.92. The van der Waals surface area contributed by atoms with Crippen LogP contribution in [0.25, 0.3) is 0 Å². The van der Waals surface area contributed by atoms with Crippen molar-refractivity contribution in [2.24, 2.45) is 0 Å². The number of nitrogens with one attached hydrogen (secondary N) is 1. The molecule has 0 atom stereocenters. The summed E-state index contributed by atoms with van der Waals surface area (Å²) in [5.41, 5.74) is 4.41. The quantitative estimate of drug-likeness (QED) is 0.693. The van der Waals surface area contributed by atoms with E-state index in [1.807, 2.05) is 44.2 Å². The van der Waals surface area contributed by atoms with Gasteiger partial charge in [0, 0.05) is 24.0 Å². The number of anilines is 4. The molecule has 2 aromatic carbocycles. The molecule has 138 valence electrons. The van der Waals surface area contributed by atoms with E-state index in [-0.39, 0.29) is 0 Å². The zero-order valence-electron chi connectivity index (χ0n) is 15.8. The summed E-state index contributed by atoms with van der Waals surface area (Å²) >= 11 is 0. The third-order valence-corrected chi connectivity index (χ3v) is 4.66. The van der Waals surface area contributed by atoms with Gasteiger partial charge in [0.05, 0.1) is 12.3 Å². The number of fused-ring (bicyclic) bond motifs is 1. The lowest BCUT2D eigenvalue weighted by Gasteiger charge is -2.30. The van der Waals surface area contributed by atoms with Crippen LogP contribution in [0.4, 0.5) is 23.1 Å². The van der Waals surface area contributed by atoms with E-state index in [1.165, 1.54) is 11.3 Å². The molecule has 1 N–H and O–H groups in total. The average Bonchev–Trinajstić information content (AvgIpc) is 2.69. The molecule has 0 radical (unpaired) electrons. The molecule has 0 saturated heterocycles. The molecule has 0 spiro atoms. The molecule has 5 heteroatoms. The van der Waals surface area contributed by atoms with Crippen LogP contribution in [-0.4, -0.2) is 23.1 Å². The lowest BCUT2D eigenvalue weighted by molar-refractivity contribution is 0.342. The van der Waals surface area contributed by atoms with Gasteiger partial charge in [0.25, 0.3) is 0 Å². The highest BCUT2D eigenvalue weighted by atomic mass is 16.5. The van der Waals surface area contributed by atoms with E-state index in [4.69, 9.17) is 9.72 Å². The summed E-state index contributed by atoms with van der Waals surface area (Å²) in [5.74, 6) is 2.31. The van der Waals surface area contributed by atoms with Crippen LogP contribution in [-0.2, 0) is 6.42 Å². The highest BCUT2D eigenvalue weighted by Crippen LogP contribution is 2.33. The van der Waals surface area contributed by atoms with Crippen molar-refractivity contribution in [1.29, 1.82) is 0 Å². The molecule has 3 aromatic rings. The molecular weight excluding hydrogens is 336 g/mol. The number of hydrogen-bond donors (Lipinski definition) is 1. The van der Waals surface area contributed by atoms with Crippen LogP contribution in [0.3, 0.4) is 0 Å². The van der Waals surface area contributed by atoms with E-state index < -0.39 is 0 Å². The largest absolute Gasteiger partial charge is 0.492 e. The summed E-state index contributed by atoms with van der Waals surface area (Å²) in [6.45, 7) is 5.55. The van der Waals surface area contributed by atoms with Crippen LogP contribution in [0, 0.1) is 6.92 Å². The first kappa shape index (κ1) is 17.3. The maximum absolute atomic E-state index is 5.70. The fourth-order valence-corrected chi connectivity index (χ4v) is 3.49. The third-order valence-electron chi connectivity index (χ3n) is 4.66. The predicted molar refractivity (Wildman–Crippen MR) is 109 cm³/mol. The summed E-state index contributed by atoms with van der Waals surface area (Å²) in [7, 11) is 0. The van der Waals surface area contributed by atoms with E-state index >= 15 is 0 Å². The molecular formula is C22H24N4O. The van der Waals surface area contributed by atoms with E-state index in [0.29, 0.717) is 12.6 Å². The normalized spacial score (nSPS) is 13.2. The van der Waals surface area contributed by atoms with Crippen molar-refractivity contribution >= 4 is 23.1 Å². The Morgan fingerprint density at radius 3 is 2.78 bits per heavy atom. The minimum absolute atomic E-state index is 0.584. The molecule has 0 bridgehead atoms. The molecule has 5 nitrogen and oxygen atoms in total. The standard InChI is InChI=1S/C22H24N4O/c1-3-27-20-13-7-5-11-18(20)24-22-23-16(2)15-21(25-22)26-14-8-10-17-9-4-6-12-19(17)26/h4-7,9,11-13,15H,3,8,10,14H2,1-2H3,(H,23,24,25). The maximum Gasteiger partial charge on any atom is 0.229 e. The van der Waals surface area contributed by atoms with Gasteiger partial charge in [0.15, 0.2) is 0 Å². The zero-order chi connectivity index (χ0) is 18.6. The molecule has 4 rings (SSSR count). The van der Waals surface area contributed by atoms with Crippen LogP contribution >= 0.6 is 0 Å². The van der Waals surface area contributed by atoms with Crippen LogP contribution in [0.5, 0.6) is 5.75 Å². The van der Waals surface area contributed by atoms with Gasteiger partial charge in [-0.15, -0.1) is 0 Å². The second-order valence-electron chi connectivity index (χ2n) is 6.63. The molecule has 2 heterocycles. The Hall–Kier alpha value is -3.08. The Bertz CT molecular complexity index is 941. The van der Waals surface area contributed by atoms with Gasteiger partial charge in [-0.3, -0.25) is 0 Å². The van der Waals surface area contributed by atoms with Crippen molar-refractivity contribution in [3.05, 3.63) is 65.9 Å². The summed E-state index contributed by atoms with van der Waals surface area (Å²) in [6.07, 6.45) is 2.24. The zero-order valence-corrected chi connectivity index (χ0v) is 15.8. The number of benzene rings is 2. The first-order valence-electron chi connectivity index (χ1n) is 9.44. The molecule has 0 aliphatic carbocycles. The molecule has 1 aromatic heterocycles. The number of ether oxygens (including phenoxy) is 1. The van der Waals surface area contributed by atoms with Crippen molar-refractivity contribution in [2.75, 3.05) is 23.4 Å². The fourth-order valence-electron chi connectivity index (χ4n) is 3.49. The van der Waals surface area contributed by atoms with Gasteiger partial charge >= 0.3 is 0 Å². The number of rotatable bonds is 5. The van der Waals surface area contributed by atoms with Crippen LogP contribution in [0.15, 0.2) is 54.6 Å². The Balaban J connectivity index is 1.67. The highest BCUT2D eigenvalue weighted by Gasteiger charge is 2.20. The Morgan fingerprint density at radius 1 is 1.07 bits per heavy atom. The van der Waals surface area contributed by atoms with Gasteiger partial charge in [0.2, 0.25) is 5.95 Å². The van der Waals surface area contributed by atoms with Crippen LogP contribution < -0.4 is 15.0 Å². The second-order valence-corrected chi connectivity index (χ2v) is 6.63. The number of aryl methyl sites for hydroxylation is 2. The van der Waals surface area contributed by atoms with Gasteiger partial charge < -0.3 is 15.0 Å². The van der Waals surface area contributed by atoms with Gasteiger partial charge in [-0.05, 0) is 50.5 Å². The minimum Gasteiger partial charge on any atom is -0.492 e. The fraction of sp³-hybridized carbons (Fsp3) is 0.273. The Morgan fingerprint density at radius 2 is 1.89 bits per heavy atom. The summed E-state index contributed by atoms with van der Waals surface area (Å²) in [5, 5.41) is 3.33. The van der Waals surface area contributed by atoms with Crippen LogP contribution in [0.2, 0.25) is 0 Å². The van der Waals surface area contributed by atoms with Gasteiger partial charge in [-0.25, -0.2) is 4.98 Å². The number of aromatic nitrogens is 2. The summed E-state index contributed by atoms with van der Waals surface area (Å²) in [4.78, 5) is 11.7. The third kappa shape index (κ3) is 3.72. The molecule has 0 unspecified atom stereocenters. The van der Waals surface area contributed by atoms with Gasteiger partial charge in [0.1, 0.15) is 11.6 Å². The van der Waals surface area contributed by atoms with Crippen LogP contribution in [0.1, 0.15) is 24.6 Å². The summed E-state index contributed by atoms with van der Waals surface area (Å²) < 4.78 is 5.70. The first-order valence-corrected chi connectivity index (χ1v) is 9.44. The second kappa shape index (κ2) is 7.66. The number of para-hydroxylation sites is 3. The van der Waals surface area contributed by atoms with Crippen molar-refractivity contribution in [1.82, 2.24) is 9.97 Å². The lowest BCUT2D eigenvalue weighted by Crippen LogP contribution is -2.25. The van der Waals surface area contributed by atoms with E-state index in [2.05, 4.69) is 39.5 Å². The predicted octanol–water partition coefficient (Wildman–Crippen LogP) is 5.01. The van der Waals surface area contributed by atoms with Crippen molar-refractivity contribution in [2.45, 2.75) is 26.7 Å². The maximum atomic E-state index is 5.70. The number of nitrogens with zero attached hydrogens (tertiary/aromatic N) is 3. The highest BCUT2D eigenvalue weighted by molar-refractivity contribution is 5.68. The summed E-state index contributed by atoms with van der Waals surface area (Å²) in [6, 6.07) is 18.5. The SMILES string of the molecule is CCOc1ccccc1Nc1nc(C)cc(N2CCCc3ccccc32)n1. The smallest absolute Gasteiger partial charge is 0.229 e. The molecule has 0 amide bonds.